The number of hydrogen-bond acceptors (Lipinski definition) is 3. The number of nitrogens with one attached hydrogen (secondary N) is 1. The summed E-state index contributed by atoms with van der Waals surface area (Å²) in [6.45, 7) is 3.95. The van der Waals surface area contributed by atoms with Gasteiger partial charge in [0.1, 0.15) is 0 Å². The first-order chi connectivity index (χ1) is 9.29. The molecule has 0 atom stereocenters. The van der Waals surface area contributed by atoms with Gasteiger partial charge in [0.2, 0.25) is 10.0 Å². The molecule has 0 aliphatic heterocycles. The molecular weight excluding hydrogens is 340 g/mol. The lowest BCUT2D eigenvalue weighted by atomic mass is 9.88. The van der Waals surface area contributed by atoms with E-state index >= 15 is 0 Å². The Morgan fingerprint density at radius 3 is 2.45 bits per heavy atom. The highest BCUT2D eigenvalue weighted by molar-refractivity contribution is 9.10. The van der Waals surface area contributed by atoms with Gasteiger partial charge in [0.05, 0.1) is 4.90 Å². The Kier molecular flexibility index (Phi) is 4.76. The maximum Gasteiger partial charge on any atom is 0.241 e. The van der Waals surface area contributed by atoms with Gasteiger partial charge in [-0.15, -0.1) is 0 Å². The highest BCUT2D eigenvalue weighted by atomic mass is 79.9. The molecule has 20 heavy (non-hydrogen) atoms. The second-order valence-electron chi connectivity index (χ2n) is 5.70. The first kappa shape index (κ1) is 15.8. The molecule has 0 heterocycles. The van der Waals surface area contributed by atoms with Crippen LogP contribution < -0.4 is 10.5 Å². The van der Waals surface area contributed by atoms with E-state index in [2.05, 4.69) is 27.6 Å². The SMILES string of the molecule is Cc1c(N)cc(Br)cc1S(=O)(=O)NC1CCC(C)CC1. The summed E-state index contributed by atoms with van der Waals surface area (Å²) in [5.41, 5.74) is 6.93. The molecule has 0 bridgehead atoms. The lowest BCUT2D eigenvalue weighted by Gasteiger charge is -2.27. The van der Waals surface area contributed by atoms with Crippen molar-refractivity contribution in [2.45, 2.75) is 50.5 Å². The molecule has 1 aromatic rings. The smallest absolute Gasteiger partial charge is 0.241 e. The summed E-state index contributed by atoms with van der Waals surface area (Å²) in [6, 6.07) is 3.37. The first-order valence-electron chi connectivity index (χ1n) is 6.87. The van der Waals surface area contributed by atoms with E-state index in [9.17, 15) is 8.42 Å². The molecule has 0 saturated heterocycles. The van der Waals surface area contributed by atoms with Crippen molar-refractivity contribution in [3.8, 4) is 0 Å². The number of rotatable bonds is 3. The van der Waals surface area contributed by atoms with Crippen LogP contribution in [0.25, 0.3) is 0 Å². The Morgan fingerprint density at radius 1 is 1.25 bits per heavy atom. The monoisotopic (exact) mass is 360 g/mol. The third-order valence-electron chi connectivity index (χ3n) is 3.99. The zero-order chi connectivity index (χ0) is 14.9. The van der Waals surface area contributed by atoms with Crippen LogP contribution in [0.3, 0.4) is 0 Å². The molecule has 0 unspecified atom stereocenters. The van der Waals surface area contributed by atoms with Crippen molar-refractivity contribution in [3.63, 3.8) is 0 Å². The van der Waals surface area contributed by atoms with E-state index < -0.39 is 10.0 Å². The number of benzene rings is 1. The van der Waals surface area contributed by atoms with Crippen molar-refractivity contribution in [2.24, 2.45) is 5.92 Å². The largest absolute Gasteiger partial charge is 0.398 e. The Morgan fingerprint density at radius 2 is 1.85 bits per heavy atom. The molecule has 0 aromatic heterocycles. The molecule has 3 N–H and O–H groups in total. The van der Waals surface area contributed by atoms with Gasteiger partial charge in [0.15, 0.2) is 0 Å². The van der Waals surface area contributed by atoms with Crippen molar-refractivity contribution in [3.05, 3.63) is 22.2 Å². The standard InChI is InChI=1S/C14H21BrN2O2S/c1-9-3-5-12(6-4-9)17-20(18,19)14-8-11(15)7-13(16)10(14)2/h7-9,12,17H,3-6,16H2,1-2H3. The summed E-state index contributed by atoms with van der Waals surface area (Å²) in [7, 11) is -3.51. The lowest BCUT2D eigenvalue weighted by molar-refractivity contribution is 0.332. The quantitative estimate of drug-likeness (QED) is 0.812. The fourth-order valence-corrected chi connectivity index (χ4v) is 4.85. The Hall–Kier alpha value is -0.590. The van der Waals surface area contributed by atoms with E-state index in [1.54, 1.807) is 19.1 Å². The minimum atomic E-state index is -3.51. The molecule has 2 rings (SSSR count). The Balaban J connectivity index is 2.23. The maximum atomic E-state index is 12.5. The number of nitrogen functional groups attached to an aromatic ring is 1. The van der Waals surface area contributed by atoms with Gasteiger partial charge in [-0.3, -0.25) is 0 Å². The number of halogens is 1. The molecule has 6 heteroatoms. The summed E-state index contributed by atoms with van der Waals surface area (Å²) in [5.74, 6) is 0.694. The van der Waals surface area contributed by atoms with Crippen LogP contribution in [0.1, 0.15) is 38.2 Å². The molecule has 4 nitrogen and oxygen atoms in total. The summed E-state index contributed by atoms with van der Waals surface area (Å²) in [5, 5.41) is 0. The maximum absolute atomic E-state index is 12.5. The molecule has 1 saturated carbocycles. The Bertz CT molecular complexity index is 593. The van der Waals surface area contributed by atoms with Gasteiger partial charge in [-0.05, 0) is 56.2 Å². The van der Waals surface area contributed by atoms with E-state index in [0.717, 1.165) is 25.7 Å². The van der Waals surface area contributed by atoms with Crippen LogP contribution in [0.4, 0.5) is 5.69 Å². The van der Waals surface area contributed by atoms with Gasteiger partial charge in [-0.25, -0.2) is 13.1 Å². The zero-order valence-corrected chi connectivity index (χ0v) is 14.2. The van der Waals surface area contributed by atoms with Crippen molar-refractivity contribution >= 4 is 31.6 Å². The van der Waals surface area contributed by atoms with E-state index in [0.29, 0.717) is 21.6 Å². The van der Waals surface area contributed by atoms with Crippen LogP contribution in [0, 0.1) is 12.8 Å². The second-order valence-corrected chi connectivity index (χ2v) is 8.29. The average molecular weight is 361 g/mol. The molecule has 1 aromatic carbocycles. The van der Waals surface area contributed by atoms with Gasteiger partial charge < -0.3 is 5.73 Å². The van der Waals surface area contributed by atoms with Crippen LogP contribution in [0.15, 0.2) is 21.5 Å². The second kappa shape index (κ2) is 6.03. The highest BCUT2D eigenvalue weighted by Gasteiger charge is 2.25. The highest BCUT2D eigenvalue weighted by Crippen LogP contribution is 2.28. The van der Waals surface area contributed by atoms with Crippen LogP contribution in [-0.4, -0.2) is 14.5 Å². The van der Waals surface area contributed by atoms with Crippen molar-refractivity contribution in [1.82, 2.24) is 4.72 Å². The van der Waals surface area contributed by atoms with Gasteiger partial charge >= 0.3 is 0 Å². The summed E-state index contributed by atoms with van der Waals surface area (Å²) in [6.07, 6.45) is 3.96. The van der Waals surface area contributed by atoms with Gasteiger partial charge in [0, 0.05) is 16.2 Å². The minimum absolute atomic E-state index is 0.0378. The molecule has 1 aliphatic carbocycles. The molecule has 112 valence electrons. The fourth-order valence-electron chi connectivity index (χ4n) is 2.61. The third-order valence-corrected chi connectivity index (χ3v) is 6.10. The van der Waals surface area contributed by atoms with Crippen LogP contribution in [0.2, 0.25) is 0 Å². The number of hydrogen-bond donors (Lipinski definition) is 2. The van der Waals surface area contributed by atoms with E-state index in [1.807, 2.05) is 0 Å². The van der Waals surface area contributed by atoms with Crippen LogP contribution in [-0.2, 0) is 10.0 Å². The molecular formula is C14H21BrN2O2S. The number of sulfonamides is 1. The van der Waals surface area contributed by atoms with Crippen molar-refractivity contribution in [2.75, 3.05) is 5.73 Å². The topological polar surface area (TPSA) is 72.2 Å². The summed E-state index contributed by atoms with van der Waals surface area (Å²) >= 11 is 3.30. The Labute approximate surface area is 129 Å². The predicted molar refractivity (Wildman–Crippen MR) is 85.0 cm³/mol. The van der Waals surface area contributed by atoms with E-state index in [1.165, 1.54) is 0 Å². The molecule has 1 aliphatic rings. The van der Waals surface area contributed by atoms with E-state index in [-0.39, 0.29) is 10.9 Å². The fraction of sp³-hybridized carbons (Fsp3) is 0.571. The summed E-state index contributed by atoms with van der Waals surface area (Å²) < 4.78 is 28.5. The zero-order valence-electron chi connectivity index (χ0n) is 11.8. The molecule has 0 amide bonds. The van der Waals surface area contributed by atoms with Crippen LogP contribution >= 0.6 is 15.9 Å². The number of anilines is 1. The van der Waals surface area contributed by atoms with Gasteiger partial charge in [-0.1, -0.05) is 22.9 Å². The number of nitrogens with two attached hydrogens (primary N) is 1. The first-order valence-corrected chi connectivity index (χ1v) is 9.15. The van der Waals surface area contributed by atoms with Gasteiger partial charge in [0.25, 0.3) is 0 Å². The molecule has 0 radical (unpaired) electrons. The van der Waals surface area contributed by atoms with Gasteiger partial charge in [-0.2, -0.15) is 0 Å². The van der Waals surface area contributed by atoms with Crippen LogP contribution in [0.5, 0.6) is 0 Å². The normalized spacial score (nSPS) is 23.8. The van der Waals surface area contributed by atoms with Crippen molar-refractivity contribution in [1.29, 1.82) is 0 Å². The molecule has 0 spiro atoms. The lowest BCUT2D eigenvalue weighted by Crippen LogP contribution is -2.37. The van der Waals surface area contributed by atoms with Crippen molar-refractivity contribution < 1.29 is 8.42 Å². The summed E-state index contributed by atoms with van der Waals surface area (Å²) in [4.78, 5) is 0.267. The van der Waals surface area contributed by atoms with E-state index in [4.69, 9.17) is 5.73 Å². The third kappa shape index (κ3) is 3.54. The predicted octanol–water partition coefficient (Wildman–Crippen LogP) is 3.20. The average Bonchev–Trinajstić information content (AvgIpc) is 2.36. The minimum Gasteiger partial charge on any atom is -0.398 e. The molecule has 1 fully saturated rings.